The Morgan fingerprint density at radius 1 is 1.33 bits per heavy atom. The highest BCUT2D eigenvalue weighted by molar-refractivity contribution is 5.83. The highest BCUT2D eigenvalue weighted by Crippen LogP contribution is 2.33. The van der Waals surface area contributed by atoms with Gasteiger partial charge in [-0.15, -0.1) is 0 Å². The zero-order valence-corrected chi connectivity index (χ0v) is 8.13. The second-order valence-electron chi connectivity index (χ2n) is 3.96. The molecule has 0 radical (unpaired) electrons. The molecule has 68 valence electrons. The summed E-state index contributed by atoms with van der Waals surface area (Å²) >= 11 is 0. The van der Waals surface area contributed by atoms with Crippen LogP contribution in [0.5, 0.6) is 0 Å². The van der Waals surface area contributed by atoms with E-state index in [1.165, 1.54) is 0 Å². The Balaban J connectivity index is 2.66. The average Bonchev–Trinajstić information content (AvgIpc) is 1.82. The summed E-state index contributed by atoms with van der Waals surface area (Å²) in [5, 5.41) is 0. The molecule has 1 aliphatic heterocycles. The first-order chi connectivity index (χ1) is 5.52. The molecule has 0 N–H and O–H groups in total. The topological polar surface area (TPSA) is 26.3 Å². The van der Waals surface area contributed by atoms with E-state index in [0.29, 0.717) is 11.8 Å². The van der Waals surface area contributed by atoms with Gasteiger partial charge < -0.3 is 4.74 Å². The fourth-order valence-electron chi connectivity index (χ4n) is 1.37. The molecule has 1 unspecified atom stereocenters. The van der Waals surface area contributed by atoms with Gasteiger partial charge >= 0.3 is 5.97 Å². The molecule has 0 aromatic carbocycles. The van der Waals surface area contributed by atoms with Crippen LogP contribution >= 0.6 is 0 Å². The van der Waals surface area contributed by atoms with E-state index in [0.717, 1.165) is 5.76 Å². The number of carbonyl (C=O) groups is 1. The molecule has 0 amide bonds. The monoisotopic (exact) mass is 168 g/mol. The summed E-state index contributed by atoms with van der Waals surface area (Å²) < 4.78 is 4.95. The van der Waals surface area contributed by atoms with Crippen molar-refractivity contribution in [3.8, 4) is 0 Å². The molecule has 0 saturated carbocycles. The van der Waals surface area contributed by atoms with Gasteiger partial charge in [0.25, 0.3) is 0 Å². The van der Waals surface area contributed by atoms with Crippen LogP contribution in [-0.4, -0.2) is 5.97 Å². The lowest BCUT2D eigenvalue weighted by molar-refractivity contribution is -0.159. The van der Waals surface area contributed by atoms with Gasteiger partial charge in [-0.3, -0.25) is 4.79 Å². The molecule has 1 heterocycles. The van der Waals surface area contributed by atoms with Crippen LogP contribution in [0.15, 0.2) is 11.8 Å². The van der Waals surface area contributed by atoms with Crippen molar-refractivity contribution in [3.05, 3.63) is 11.8 Å². The Morgan fingerprint density at radius 2 is 1.92 bits per heavy atom. The maximum absolute atomic E-state index is 11.0. The average molecular weight is 168 g/mol. The maximum Gasteiger partial charge on any atom is 0.321 e. The SMILES string of the molecule is CC(C)/C=C1/OC(=O)C1C(C)C. The van der Waals surface area contributed by atoms with Gasteiger partial charge in [0, 0.05) is 0 Å². The fraction of sp³-hybridized carbons (Fsp3) is 0.700. The number of carbonyl (C=O) groups excluding carboxylic acids is 1. The Bertz CT molecular complexity index is 214. The van der Waals surface area contributed by atoms with Crippen LogP contribution in [0.25, 0.3) is 0 Å². The van der Waals surface area contributed by atoms with Crippen molar-refractivity contribution in [2.45, 2.75) is 27.7 Å². The molecule has 1 aliphatic rings. The first-order valence-electron chi connectivity index (χ1n) is 4.45. The standard InChI is InChI=1S/C10H16O2/c1-6(2)5-8-9(7(3)4)10(11)12-8/h5-7,9H,1-4H3/b8-5+. The zero-order chi connectivity index (χ0) is 9.30. The first-order valence-corrected chi connectivity index (χ1v) is 4.45. The number of hydrogen-bond donors (Lipinski definition) is 0. The predicted octanol–water partition coefficient (Wildman–Crippen LogP) is 2.36. The molecular formula is C10H16O2. The van der Waals surface area contributed by atoms with Gasteiger partial charge in [0.2, 0.25) is 0 Å². The first kappa shape index (κ1) is 9.30. The van der Waals surface area contributed by atoms with Crippen LogP contribution < -0.4 is 0 Å². The maximum atomic E-state index is 11.0. The van der Waals surface area contributed by atoms with Gasteiger partial charge in [-0.2, -0.15) is 0 Å². The van der Waals surface area contributed by atoms with Crippen LogP contribution in [0, 0.1) is 17.8 Å². The van der Waals surface area contributed by atoms with Crippen molar-refractivity contribution in [1.82, 2.24) is 0 Å². The lowest BCUT2D eigenvalue weighted by atomic mass is 9.88. The lowest BCUT2D eigenvalue weighted by Crippen LogP contribution is -2.36. The summed E-state index contributed by atoms with van der Waals surface area (Å²) in [6.07, 6.45) is 2.02. The normalized spacial score (nSPS) is 26.3. The Kier molecular flexibility index (Phi) is 2.55. The molecule has 0 spiro atoms. The summed E-state index contributed by atoms with van der Waals surface area (Å²) in [5.74, 6) is 1.62. The smallest absolute Gasteiger partial charge is 0.321 e. The van der Waals surface area contributed by atoms with E-state index < -0.39 is 0 Å². The molecule has 1 fully saturated rings. The number of ether oxygens (including phenoxy) is 1. The van der Waals surface area contributed by atoms with E-state index in [2.05, 4.69) is 13.8 Å². The van der Waals surface area contributed by atoms with Crippen molar-refractivity contribution in [1.29, 1.82) is 0 Å². The summed E-state index contributed by atoms with van der Waals surface area (Å²) in [6, 6.07) is 0. The lowest BCUT2D eigenvalue weighted by Gasteiger charge is -2.31. The zero-order valence-electron chi connectivity index (χ0n) is 8.13. The number of esters is 1. The minimum atomic E-state index is -0.0723. The van der Waals surface area contributed by atoms with Gasteiger partial charge in [-0.05, 0) is 17.9 Å². The summed E-state index contributed by atoms with van der Waals surface area (Å²) in [7, 11) is 0. The van der Waals surface area contributed by atoms with Gasteiger partial charge in [-0.1, -0.05) is 27.7 Å². The van der Waals surface area contributed by atoms with Crippen molar-refractivity contribution in [2.24, 2.45) is 17.8 Å². The second kappa shape index (κ2) is 3.30. The highest BCUT2D eigenvalue weighted by atomic mass is 16.6. The minimum absolute atomic E-state index is 0.0207. The molecular weight excluding hydrogens is 152 g/mol. The molecule has 12 heavy (non-hydrogen) atoms. The fourth-order valence-corrected chi connectivity index (χ4v) is 1.37. The predicted molar refractivity (Wildman–Crippen MR) is 47.3 cm³/mol. The van der Waals surface area contributed by atoms with Crippen molar-refractivity contribution >= 4 is 5.97 Å². The van der Waals surface area contributed by atoms with Gasteiger partial charge in [-0.25, -0.2) is 0 Å². The second-order valence-corrected chi connectivity index (χ2v) is 3.96. The molecule has 2 nitrogen and oxygen atoms in total. The van der Waals surface area contributed by atoms with E-state index in [1.54, 1.807) is 0 Å². The van der Waals surface area contributed by atoms with Crippen LogP contribution in [0.2, 0.25) is 0 Å². The van der Waals surface area contributed by atoms with Gasteiger partial charge in [0.1, 0.15) is 11.7 Å². The van der Waals surface area contributed by atoms with E-state index in [9.17, 15) is 4.79 Å². The van der Waals surface area contributed by atoms with E-state index in [4.69, 9.17) is 4.74 Å². The quantitative estimate of drug-likeness (QED) is 0.592. The number of rotatable bonds is 2. The van der Waals surface area contributed by atoms with Crippen LogP contribution in [0.1, 0.15) is 27.7 Å². The molecule has 0 aromatic rings. The third-order valence-electron chi connectivity index (χ3n) is 1.94. The molecule has 0 aromatic heterocycles. The summed E-state index contributed by atoms with van der Waals surface area (Å²) in [6.45, 7) is 8.24. The summed E-state index contributed by atoms with van der Waals surface area (Å²) in [4.78, 5) is 11.0. The van der Waals surface area contributed by atoms with Crippen molar-refractivity contribution in [2.75, 3.05) is 0 Å². The van der Waals surface area contributed by atoms with Crippen LogP contribution in [0.3, 0.4) is 0 Å². The molecule has 1 rings (SSSR count). The van der Waals surface area contributed by atoms with Crippen LogP contribution in [0.4, 0.5) is 0 Å². The highest BCUT2D eigenvalue weighted by Gasteiger charge is 2.39. The molecule has 0 aliphatic carbocycles. The van der Waals surface area contributed by atoms with E-state index in [-0.39, 0.29) is 11.9 Å². The van der Waals surface area contributed by atoms with Gasteiger partial charge in [0.15, 0.2) is 0 Å². The van der Waals surface area contributed by atoms with Crippen molar-refractivity contribution < 1.29 is 9.53 Å². The molecule has 0 bridgehead atoms. The molecule has 1 atom stereocenters. The summed E-state index contributed by atoms with van der Waals surface area (Å²) in [5.41, 5.74) is 0. The number of cyclic esters (lactones) is 1. The number of allylic oxidation sites excluding steroid dienone is 1. The Morgan fingerprint density at radius 3 is 2.25 bits per heavy atom. The van der Waals surface area contributed by atoms with Crippen LogP contribution in [-0.2, 0) is 9.53 Å². The molecule has 2 heteroatoms. The Hall–Kier alpha value is -0.790. The third-order valence-corrected chi connectivity index (χ3v) is 1.94. The number of hydrogen-bond acceptors (Lipinski definition) is 2. The molecule has 1 saturated heterocycles. The Labute approximate surface area is 73.6 Å². The van der Waals surface area contributed by atoms with E-state index in [1.807, 2.05) is 19.9 Å². The largest absolute Gasteiger partial charge is 0.430 e. The van der Waals surface area contributed by atoms with Crippen molar-refractivity contribution in [3.63, 3.8) is 0 Å². The minimum Gasteiger partial charge on any atom is -0.430 e. The third kappa shape index (κ3) is 1.68. The van der Waals surface area contributed by atoms with Gasteiger partial charge in [0.05, 0.1) is 0 Å². The van der Waals surface area contributed by atoms with E-state index >= 15 is 0 Å².